The van der Waals surface area contributed by atoms with Gasteiger partial charge in [-0.2, -0.15) is 0 Å². The van der Waals surface area contributed by atoms with E-state index in [1.165, 1.54) is 57.8 Å². The van der Waals surface area contributed by atoms with Crippen LogP contribution in [-0.2, 0) is 0 Å². The van der Waals surface area contributed by atoms with Gasteiger partial charge in [0.05, 0.1) is 0 Å². The molecule has 3 unspecified atom stereocenters. The second kappa shape index (κ2) is 11.5. The van der Waals surface area contributed by atoms with Crippen LogP contribution in [0.5, 0.6) is 0 Å². The molecule has 0 aromatic carbocycles. The lowest BCUT2D eigenvalue weighted by atomic mass is 9.85. The third-order valence-corrected chi connectivity index (χ3v) is 4.42. The summed E-state index contributed by atoms with van der Waals surface area (Å²) in [6.45, 7) is 6.58. The highest BCUT2D eigenvalue weighted by molar-refractivity contribution is 7.17. The van der Waals surface area contributed by atoms with Gasteiger partial charge in [-0.05, 0) is 37.8 Å². The molecule has 1 saturated carbocycles. The Morgan fingerprint density at radius 1 is 1.18 bits per heavy atom. The minimum Gasteiger partial charge on any atom is -0.328 e. The van der Waals surface area contributed by atoms with Crippen molar-refractivity contribution in [2.45, 2.75) is 90.3 Å². The maximum Gasteiger partial charge on any atom is 0.00131 e. The summed E-state index contributed by atoms with van der Waals surface area (Å²) >= 11 is 0. The molecular weight excluding hydrogens is 225 g/mol. The Morgan fingerprint density at radius 3 is 2.12 bits per heavy atom. The zero-order chi connectivity index (χ0) is 13.1. The first kappa shape index (κ1) is 17.4. The quantitative estimate of drug-likeness (QED) is 0.709. The monoisotopic (exact) mass is 259 g/mol. The lowest BCUT2D eigenvalue weighted by molar-refractivity contribution is 0.323. The van der Waals surface area contributed by atoms with Gasteiger partial charge in [-0.3, -0.25) is 0 Å². The van der Waals surface area contributed by atoms with Crippen LogP contribution in [0.25, 0.3) is 0 Å². The van der Waals surface area contributed by atoms with Crippen LogP contribution < -0.4 is 5.73 Å². The lowest BCUT2D eigenvalue weighted by Gasteiger charge is -2.22. The number of nitrogens with two attached hydrogens (primary N) is 1. The predicted molar refractivity (Wildman–Crippen MR) is 83.5 cm³/mol. The normalized spacial score (nSPS) is 20.3. The summed E-state index contributed by atoms with van der Waals surface area (Å²) in [7, 11) is 2.85. The van der Waals surface area contributed by atoms with Crippen LogP contribution in [0.1, 0.15) is 78.6 Å². The molecular formula is C15H34NP. The van der Waals surface area contributed by atoms with Crippen LogP contribution in [-0.4, -0.2) is 11.7 Å². The maximum atomic E-state index is 5.72. The highest BCUT2D eigenvalue weighted by Gasteiger charge is 2.13. The van der Waals surface area contributed by atoms with Crippen molar-refractivity contribution in [3.8, 4) is 0 Å². The van der Waals surface area contributed by atoms with Crippen molar-refractivity contribution in [1.29, 1.82) is 0 Å². The van der Waals surface area contributed by atoms with E-state index >= 15 is 0 Å². The SMILES string of the molecule is CC(N)CC1CCCCC1.CCCC(P)CC. The first-order valence-electron chi connectivity index (χ1n) is 7.61. The van der Waals surface area contributed by atoms with Gasteiger partial charge < -0.3 is 5.73 Å². The summed E-state index contributed by atoms with van der Waals surface area (Å²) in [5, 5.41) is 0. The topological polar surface area (TPSA) is 26.0 Å². The van der Waals surface area contributed by atoms with E-state index in [0.29, 0.717) is 6.04 Å². The second-order valence-corrected chi connectivity index (χ2v) is 6.62. The van der Waals surface area contributed by atoms with E-state index in [2.05, 4.69) is 30.0 Å². The zero-order valence-corrected chi connectivity index (χ0v) is 13.4. The van der Waals surface area contributed by atoms with E-state index in [4.69, 9.17) is 5.73 Å². The Balaban J connectivity index is 0.000000325. The lowest BCUT2D eigenvalue weighted by Crippen LogP contribution is -2.20. The van der Waals surface area contributed by atoms with Gasteiger partial charge in [0.15, 0.2) is 0 Å². The van der Waals surface area contributed by atoms with E-state index in [-0.39, 0.29) is 0 Å². The van der Waals surface area contributed by atoms with E-state index in [1.54, 1.807) is 0 Å². The molecule has 0 amide bonds. The van der Waals surface area contributed by atoms with Gasteiger partial charge in [-0.25, -0.2) is 0 Å². The molecule has 1 fully saturated rings. The van der Waals surface area contributed by atoms with Crippen LogP contribution >= 0.6 is 9.24 Å². The Hall–Kier alpha value is 0.390. The van der Waals surface area contributed by atoms with E-state index in [9.17, 15) is 0 Å². The van der Waals surface area contributed by atoms with Gasteiger partial charge in [-0.15, -0.1) is 9.24 Å². The molecule has 0 aromatic heterocycles. The van der Waals surface area contributed by atoms with Gasteiger partial charge in [0, 0.05) is 6.04 Å². The number of rotatable bonds is 5. The minimum atomic E-state index is 0.420. The molecule has 0 spiro atoms. The minimum absolute atomic E-state index is 0.420. The van der Waals surface area contributed by atoms with Gasteiger partial charge in [0.25, 0.3) is 0 Å². The second-order valence-electron chi connectivity index (χ2n) is 5.67. The molecule has 0 aromatic rings. The molecule has 3 atom stereocenters. The fourth-order valence-corrected chi connectivity index (χ4v) is 2.86. The predicted octanol–water partition coefficient (Wildman–Crippen LogP) is 4.74. The molecule has 2 heteroatoms. The Kier molecular flexibility index (Phi) is 11.7. The van der Waals surface area contributed by atoms with Crippen molar-refractivity contribution in [3.05, 3.63) is 0 Å². The third-order valence-electron chi connectivity index (χ3n) is 3.61. The molecule has 1 nitrogen and oxygen atoms in total. The summed E-state index contributed by atoms with van der Waals surface area (Å²) < 4.78 is 0. The van der Waals surface area contributed by atoms with Crippen LogP contribution in [0.3, 0.4) is 0 Å². The molecule has 0 saturated heterocycles. The average Bonchev–Trinajstić information content (AvgIpc) is 2.30. The summed E-state index contributed by atoms with van der Waals surface area (Å²) in [5.41, 5.74) is 6.59. The Morgan fingerprint density at radius 2 is 1.76 bits per heavy atom. The fraction of sp³-hybridized carbons (Fsp3) is 1.00. The van der Waals surface area contributed by atoms with Crippen LogP contribution in [0, 0.1) is 5.92 Å². The summed E-state index contributed by atoms with van der Waals surface area (Å²) in [4.78, 5) is 0. The molecule has 1 rings (SSSR count). The van der Waals surface area contributed by atoms with Gasteiger partial charge >= 0.3 is 0 Å². The van der Waals surface area contributed by atoms with Crippen LogP contribution in [0.2, 0.25) is 0 Å². The van der Waals surface area contributed by atoms with Crippen molar-refractivity contribution >= 4 is 9.24 Å². The van der Waals surface area contributed by atoms with Crippen LogP contribution in [0.4, 0.5) is 0 Å². The molecule has 0 bridgehead atoms. The number of hydrogen-bond donors (Lipinski definition) is 1. The zero-order valence-electron chi connectivity index (χ0n) is 12.3. The highest BCUT2D eigenvalue weighted by atomic mass is 31.0. The Labute approximate surface area is 112 Å². The first-order chi connectivity index (χ1) is 8.10. The summed E-state index contributed by atoms with van der Waals surface area (Å²) in [6.07, 6.45) is 12.4. The van der Waals surface area contributed by atoms with E-state index in [0.717, 1.165) is 11.6 Å². The fourth-order valence-electron chi connectivity index (χ4n) is 2.52. The molecule has 1 aliphatic rings. The number of hydrogen-bond acceptors (Lipinski definition) is 1. The van der Waals surface area contributed by atoms with Crippen molar-refractivity contribution < 1.29 is 0 Å². The van der Waals surface area contributed by atoms with Crippen molar-refractivity contribution in [2.75, 3.05) is 0 Å². The van der Waals surface area contributed by atoms with E-state index in [1.807, 2.05) is 0 Å². The molecule has 104 valence electrons. The molecule has 0 aliphatic heterocycles. The molecule has 2 N–H and O–H groups in total. The Bertz CT molecular complexity index is 153. The molecule has 0 radical (unpaired) electrons. The van der Waals surface area contributed by atoms with Crippen molar-refractivity contribution in [1.82, 2.24) is 0 Å². The molecule has 17 heavy (non-hydrogen) atoms. The molecule has 0 heterocycles. The summed E-state index contributed by atoms with van der Waals surface area (Å²) in [5.74, 6) is 0.953. The first-order valence-corrected chi connectivity index (χ1v) is 8.27. The average molecular weight is 259 g/mol. The van der Waals surface area contributed by atoms with Gasteiger partial charge in [0.2, 0.25) is 0 Å². The summed E-state index contributed by atoms with van der Waals surface area (Å²) in [6, 6.07) is 0.420. The standard InChI is InChI=1S/C9H19N.C6H15P/c1-8(10)7-9-5-3-2-4-6-9;1-3-5-6(7)4-2/h8-9H,2-7,10H2,1H3;6H,3-5,7H2,1-2H3. The van der Waals surface area contributed by atoms with Crippen molar-refractivity contribution in [2.24, 2.45) is 11.7 Å². The molecule has 1 aliphatic carbocycles. The third kappa shape index (κ3) is 11.2. The van der Waals surface area contributed by atoms with Crippen molar-refractivity contribution in [3.63, 3.8) is 0 Å². The van der Waals surface area contributed by atoms with E-state index < -0.39 is 0 Å². The maximum absolute atomic E-state index is 5.72. The largest absolute Gasteiger partial charge is 0.328 e. The van der Waals surface area contributed by atoms with Gasteiger partial charge in [0.1, 0.15) is 0 Å². The highest BCUT2D eigenvalue weighted by Crippen LogP contribution is 2.26. The van der Waals surface area contributed by atoms with Crippen LogP contribution in [0.15, 0.2) is 0 Å². The van der Waals surface area contributed by atoms with Gasteiger partial charge in [-0.1, -0.05) is 52.4 Å². The smallest absolute Gasteiger partial charge is 0.00131 e.